The Morgan fingerprint density at radius 3 is 2.23 bits per heavy atom. The Morgan fingerprint density at radius 1 is 0.962 bits per heavy atom. The van der Waals surface area contributed by atoms with Gasteiger partial charge in [0.25, 0.3) is 0 Å². The first-order valence-corrected chi connectivity index (χ1v) is 10.1. The number of halogens is 3. The van der Waals surface area contributed by atoms with Crippen LogP contribution in [0.4, 0.5) is 13.2 Å². The molecule has 0 spiro atoms. The van der Waals surface area contributed by atoms with E-state index in [2.05, 4.69) is 6.92 Å². The molecule has 0 radical (unpaired) electrons. The van der Waals surface area contributed by atoms with Crippen molar-refractivity contribution in [3.63, 3.8) is 0 Å². The number of allylic oxidation sites excluding steroid dienone is 1. The van der Waals surface area contributed by atoms with E-state index in [-0.39, 0.29) is 12.0 Å². The highest BCUT2D eigenvalue weighted by atomic mass is 19.2. The highest BCUT2D eigenvalue weighted by Gasteiger charge is 2.31. The standard InChI is InChI=1S/C22H29F3O/c1-2-3-4-5-15-6-11-21(26-14-15)17-9-7-16(8-10-17)18-12-19(23)22(25)20(24)13-18/h12-14,16-17,21H,2-11H2,1H3. The van der Waals surface area contributed by atoms with Crippen LogP contribution in [0.5, 0.6) is 0 Å². The zero-order chi connectivity index (χ0) is 18.5. The van der Waals surface area contributed by atoms with Crippen LogP contribution < -0.4 is 0 Å². The molecule has 1 aromatic carbocycles. The van der Waals surface area contributed by atoms with Gasteiger partial charge in [-0.3, -0.25) is 0 Å². The molecule has 4 heteroatoms. The molecule has 0 bridgehead atoms. The van der Waals surface area contributed by atoms with Gasteiger partial charge in [0.1, 0.15) is 6.10 Å². The maximum Gasteiger partial charge on any atom is 0.194 e. The first-order valence-electron chi connectivity index (χ1n) is 10.1. The Bertz CT molecular complexity index is 609. The van der Waals surface area contributed by atoms with Crippen molar-refractivity contribution in [3.8, 4) is 0 Å². The van der Waals surface area contributed by atoms with E-state index >= 15 is 0 Å². The van der Waals surface area contributed by atoms with E-state index in [1.54, 1.807) is 0 Å². The van der Waals surface area contributed by atoms with Crippen LogP contribution in [0.25, 0.3) is 0 Å². The van der Waals surface area contributed by atoms with E-state index in [0.29, 0.717) is 11.5 Å². The third-order valence-electron chi connectivity index (χ3n) is 6.04. The second kappa shape index (κ2) is 8.96. The molecular weight excluding hydrogens is 337 g/mol. The summed E-state index contributed by atoms with van der Waals surface area (Å²) in [5.74, 6) is -2.93. The Balaban J connectivity index is 1.50. The molecule has 1 unspecified atom stereocenters. The van der Waals surface area contributed by atoms with Crippen molar-refractivity contribution < 1.29 is 17.9 Å². The summed E-state index contributed by atoms with van der Waals surface area (Å²) in [5.41, 5.74) is 2.02. The predicted octanol–water partition coefficient (Wildman–Crippen LogP) is 7.02. The Hall–Kier alpha value is -1.45. The van der Waals surface area contributed by atoms with Crippen molar-refractivity contribution in [2.24, 2.45) is 5.92 Å². The van der Waals surface area contributed by atoms with E-state index < -0.39 is 17.5 Å². The van der Waals surface area contributed by atoms with Crippen LogP contribution in [-0.4, -0.2) is 6.10 Å². The third-order valence-corrected chi connectivity index (χ3v) is 6.04. The zero-order valence-corrected chi connectivity index (χ0v) is 15.6. The zero-order valence-electron chi connectivity index (χ0n) is 15.6. The minimum absolute atomic E-state index is 0.111. The van der Waals surface area contributed by atoms with Crippen LogP contribution >= 0.6 is 0 Å². The van der Waals surface area contributed by atoms with Gasteiger partial charge in [0.15, 0.2) is 17.5 Å². The van der Waals surface area contributed by atoms with Gasteiger partial charge in [0.05, 0.1) is 6.26 Å². The van der Waals surface area contributed by atoms with E-state index in [9.17, 15) is 13.2 Å². The van der Waals surface area contributed by atoms with Crippen LogP contribution in [0.15, 0.2) is 24.0 Å². The maximum atomic E-state index is 13.5. The van der Waals surface area contributed by atoms with Gasteiger partial charge in [0.2, 0.25) is 0 Å². The molecule has 0 amide bonds. The molecule has 3 rings (SSSR count). The Kier molecular flexibility index (Phi) is 6.66. The number of unbranched alkanes of at least 4 members (excludes halogenated alkanes) is 2. The van der Waals surface area contributed by atoms with Gasteiger partial charge in [0, 0.05) is 0 Å². The average molecular weight is 366 g/mol. The minimum atomic E-state index is -1.38. The number of hydrogen-bond acceptors (Lipinski definition) is 1. The molecule has 1 aliphatic heterocycles. The molecule has 1 aliphatic carbocycles. The van der Waals surface area contributed by atoms with E-state index in [4.69, 9.17) is 4.74 Å². The summed E-state index contributed by atoms with van der Waals surface area (Å²) in [6.45, 7) is 2.22. The van der Waals surface area contributed by atoms with Crippen molar-refractivity contribution in [2.75, 3.05) is 0 Å². The minimum Gasteiger partial charge on any atom is -0.498 e. The highest BCUT2D eigenvalue weighted by Crippen LogP contribution is 2.40. The lowest BCUT2D eigenvalue weighted by molar-refractivity contribution is 0.0445. The van der Waals surface area contributed by atoms with Crippen molar-refractivity contribution in [2.45, 2.75) is 83.2 Å². The quantitative estimate of drug-likeness (QED) is 0.388. The van der Waals surface area contributed by atoms with Crippen LogP contribution in [-0.2, 0) is 4.74 Å². The van der Waals surface area contributed by atoms with Crippen molar-refractivity contribution >= 4 is 0 Å². The van der Waals surface area contributed by atoms with Crippen LogP contribution in [0.1, 0.15) is 82.6 Å². The number of benzene rings is 1. The van der Waals surface area contributed by atoms with Gasteiger partial charge in [-0.25, -0.2) is 13.2 Å². The average Bonchev–Trinajstić information content (AvgIpc) is 2.67. The molecule has 0 saturated heterocycles. The first kappa shape index (κ1) is 19.3. The molecule has 1 nitrogen and oxygen atoms in total. The molecule has 26 heavy (non-hydrogen) atoms. The number of rotatable bonds is 6. The summed E-state index contributed by atoms with van der Waals surface area (Å²) in [6.07, 6.45) is 13.1. The summed E-state index contributed by atoms with van der Waals surface area (Å²) < 4.78 is 46.1. The maximum absolute atomic E-state index is 13.5. The van der Waals surface area contributed by atoms with Crippen LogP contribution in [0.3, 0.4) is 0 Å². The molecule has 1 fully saturated rings. The summed E-state index contributed by atoms with van der Waals surface area (Å²) in [5, 5.41) is 0. The van der Waals surface area contributed by atoms with E-state index in [0.717, 1.165) is 57.1 Å². The molecule has 2 aliphatic rings. The van der Waals surface area contributed by atoms with Crippen LogP contribution in [0, 0.1) is 23.4 Å². The predicted molar refractivity (Wildman–Crippen MR) is 97.3 cm³/mol. The second-order valence-corrected chi connectivity index (χ2v) is 7.86. The fourth-order valence-electron chi connectivity index (χ4n) is 4.41. The van der Waals surface area contributed by atoms with Gasteiger partial charge in [-0.1, -0.05) is 19.8 Å². The number of ether oxygens (including phenoxy) is 1. The monoisotopic (exact) mass is 366 g/mol. The SMILES string of the molecule is CCCCCC1=COC(C2CCC(c3cc(F)c(F)c(F)c3)CC2)CC1. The third kappa shape index (κ3) is 4.63. The molecule has 1 aromatic rings. The Labute approximate surface area is 154 Å². The molecule has 144 valence electrons. The topological polar surface area (TPSA) is 9.23 Å². The molecule has 0 N–H and O–H groups in total. The van der Waals surface area contributed by atoms with Gasteiger partial charge in [-0.05, 0) is 86.5 Å². The Morgan fingerprint density at radius 2 is 1.65 bits per heavy atom. The molecule has 1 atom stereocenters. The molecule has 0 aromatic heterocycles. The summed E-state index contributed by atoms with van der Waals surface area (Å²) in [7, 11) is 0. The fraction of sp³-hybridized carbons (Fsp3) is 0.636. The second-order valence-electron chi connectivity index (χ2n) is 7.86. The highest BCUT2D eigenvalue weighted by molar-refractivity contribution is 5.23. The smallest absolute Gasteiger partial charge is 0.194 e. The lowest BCUT2D eigenvalue weighted by Gasteiger charge is -2.35. The van der Waals surface area contributed by atoms with Crippen molar-refractivity contribution in [3.05, 3.63) is 47.0 Å². The van der Waals surface area contributed by atoms with Gasteiger partial charge in [-0.15, -0.1) is 0 Å². The van der Waals surface area contributed by atoms with E-state index in [1.807, 2.05) is 6.26 Å². The summed E-state index contributed by atoms with van der Waals surface area (Å²) in [4.78, 5) is 0. The normalized spacial score (nSPS) is 26.3. The lowest BCUT2D eigenvalue weighted by Crippen LogP contribution is -2.28. The van der Waals surface area contributed by atoms with Crippen molar-refractivity contribution in [1.82, 2.24) is 0 Å². The van der Waals surface area contributed by atoms with Crippen LogP contribution in [0.2, 0.25) is 0 Å². The lowest BCUT2D eigenvalue weighted by atomic mass is 9.75. The summed E-state index contributed by atoms with van der Waals surface area (Å²) in [6, 6.07) is 2.32. The molecular formula is C22H29F3O. The summed E-state index contributed by atoms with van der Waals surface area (Å²) >= 11 is 0. The number of hydrogen-bond donors (Lipinski definition) is 0. The van der Waals surface area contributed by atoms with E-state index in [1.165, 1.54) is 24.8 Å². The van der Waals surface area contributed by atoms with Gasteiger partial charge < -0.3 is 4.74 Å². The van der Waals surface area contributed by atoms with Gasteiger partial charge in [-0.2, -0.15) is 0 Å². The molecule has 1 saturated carbocycles. The first-order chi connectivity index (χ1) is 12.6. The fourth-order valence-corrected chi connectivity index (χ4v) is 4.41. The van der Waals surface area contributed by atoms with Crippen molar-refractivity contribution in [1.29, 1.82) is 0 Å². The molecule has 1 heterocycles. The largest absolute Gasteiger partial charge is 0.498 e. The van der Waals surface area contributed by atoms with Gasteiger partial charge >= 0.3 is 0 Å².